The topological polar surface area (TPSA) is 89.4 Å². The maximum Gasteiger partial charge on any atom is 0.277 e. The molecule has 1 amide bonds. The summed E-state index contributed by atoms with van der Waals surface area (Å²) in [6.45, 7) is 4.40. The first-order valence-corrected chi connectivity index (χ1v) is 9.16. The number of phenols is 1. The maximum absolute atomic E-state index is 11.9. The van der Waals surface area contributed by atoms with Gasteiger partial charge in [0.15, 0.2) is 29.6 Å². The SMILES string of the molecule is CCOc1ccccc1OCC(=O)NN=Cc1cc(Br)c(O)c(OCC)c1. The van der Waals surface area contributed by atoms with Crippen molar-refractivity contribution in [3.05, 3.63) is 46.4 Å². The van der Waals surface area contributed by atoms with Gasteiger partial charge >= 0.3 is 0 Å². The van der Waals surface area contributed by atoms with E-state index in [2.05, 4.69) is 26.5 Å². The molecule has 0 atom stereocenters. The Morgan fingerprint density at radius 2 is 1.74 bits per heavy atom. The molecular formula is C19H21BrN2O5. The monoisotopic (exact) mass is 436 g/mol. The summed E-state index contributed by atoms with van der Waals surface area (Å²) in [5.41, 5.74) is 3.03. The molecule has 0 aromatic heterocycles. The number of amides is 1. The van der Waals surface area contributed by atoms with E-state index in [4.69, 9.17) is 14.2 Å². The molecule has 144 valence electrons. The number of hydrazone groups is 1. The minimum atomic E-state index is -0.416. The smallest absolute Gasteiger partial charge is 0.277 e. The van der Waals surface area contributed by atoms with Crippen LogP contribution in [0, 0.1) is 0 Å². The number of hydrogen-bond donors (Lipinski definition) is 2. The normalized spacial score (nSPS) is 10.6. The Labute approximate surface area is 166 Å². The first kappa shape index (κ1) is 20.6. The number of phenolic OH excluding ortho intramolecular Hbond substituents is 1. The van der Waals surface area contributed by atoms with Crippen LogP contribution in [0.2, 0.25) is 0 Å². The third kappa shape index (κ3) is 6.18. The first-order valence-electron chi connectivity index (χ1n) is 8.37. The van der Waals surface area contributed by atoms with Crippen molar-refractivity contribution in [1.29, 1.82) is 0 Å². The van der Waals surface area contributed by atoms with Crippen molar-refractivity contribution in [3.8, 4) is 23.0 Å². The van der Waals surface area contributed by atoms with E-state index in [1.165, 1.54) is 6.21 Å². The Hall–Kier alpha value is -2.74. The van der Waals surface area contributed by atoms with E-state index >= 15 is 0 Å². The van der Waals surface area contributed by atoms with Crippen LogP contribution >= 0.6 is 15.9 Å². The molecule has 0 bridgehead atoms. The van der Waals surface area contributed by atoms with Gasteiger partial charge in [-0.05, 0) is 59.6 Å². The summed E-state index contributed by atoms with van der Waals surface area (Å²) in [6.07, 6.45) is 1.44. The molecule has 2 aromatic carbocycles. The molecule has 0 saturated heterocycles. The number of nitrogens with zero attached hydrogens (tertiary/aromatic N) is 1. The van der Waals surface area contributed by atoms with E-state index in [1.807, 2.05) is 19.9 Å². The fourth-order valence-corrected chi connectivity index (χ4v) is 2.59. The number of carbonyl (C=O) groups excluding carboxylic acids is 1. The number of carbonyl (C=O) groups is 1. The summed E-state index contributed by atoms with van der Waals surface area (Å²) in [5, 5.41) is 13.8. The zero-order valence-electron chi connectivity index (χ0n) is 15.1. The van der Waals surface area contributed by atoms with Gasteiger partial charge in [-0.15, -0.1) is 0 Å². The van der Waals surface area contributed by atoms with E-state index in [-0.39, 0.29) is 12.4 Å². The minimum Gasteiger partial charge on any atom is -0.503 e. The molecule has 27 heavy (non-hydrogen) atoms. The fraction of sp³-hybridized carbons (Fsp3) is 0.263. The van der Waals surface area contributed by atoms with Crippen LogP contribution in [0.4, 0.5) is 0 Å². The number of benzene rings is 2. The molecule has 0 aliphatic heterocycles. The van der Waals surface area contributed by atoms with Crippen molar-refractivity contribution in [3.63, 3.8) is 0 Å². The summed E-state index contributed by atoms with van der Waals surface area (Å²) in [5.74, 6) is 0.992. The molecule has 0 heterocycles. The summed E-state index contributed by atoms with van der Waals surface area (Å²) < 4.78 is 16.7. The average molecular weight is 437 g/mol. The van der Waals surface area contributed by atoms with Gasteiger partial charge in [-0.1, -0.05) is 12.1 Å². The minimum absolute atomic E-state index is 0.0133. The molecular weight excluding hydrogens is 416 g/mol. The number of nitrogens with one attached hydrogen (secondary N) is 1. The zero-order chi connectivity index (χ0) is 19.6. The van der Waals surface area contributed by atoms with Gasteiger partial charge in [-0.25, -0.2) is 5.43 Å². The lowest BCUT2D eigenvalue weighted by Gasteiger charge is -2.10. The van der Waals surface area contributed by atoms with Crippen LogP contribution in [-0.2, 0) is 4.79 Å². The molecule has 0 saturated carbocycles. The lowest BCUT2D eigenvalue weighted by atomic mass is 10.2. The van der Waals surface area contributed by atoms with Crippen molar-refractivity contribution in [2.75, 3.05) is 19.8 Å². The molecule has 7 nitrogen and oxygen atoms in total. The quantitative estimate of drug-likeness (QED) is 0.463. The number of ether oxygens (including phenoxy) is 3. The fourth-order valence-electron chi connectivity index (χ4n) is 2.13. The first-order chi connectivity index (χ1) is 13.0. The van der Waals surface area contributed by atoms with Crippen molar-refractivity contribution < 1.29 is 24.1 Å². The molecule has 2 rings (SSSR count). The molecule has 0 fully saturated rings. The van der Waals surface area contributed by atoms with Crippen molar-refractivity contribution in [2.24, 2.45) is 5.10 Å². The molecule has 0 radical (unpaired) electrons. The van der Waals surface area contributed by atoms with E-state index < -0.39 is 5.91 Å². The number of aromatic hydroxyl groups is 1. The summed E-state index contributed by atoms with van der Waals surface area (Å²) in [4.78, 5) is 11.9. The lowest BCUT2D eigenvalue weighted by Crippen LogP contribution is -2.24. The van der Waals surface area contributed by atoms with E-state index in [9.17, 15) is 9.90 Å². The van der Waals surface area contributed by atoms with Gasteiger partial charge in [0.2, 0.25) is 0 Å². The van der Waals surface area contributed by atoms with Crippen molar-refractivity contribution in [2.45, 2.75) is 13.8 Å². The van der Waals surface area contributed by atoms with Crippen LogP contribution in [0.3, 0.4) is 0 Å². The van der Waals surface area contributed by atoms with Gasteiger partial charge in [-0.2, -0.15) is 5.10 Å². The van der Waals surface area contributed by atoms with Gasteiger partial charge in [0.05, 0.1) is 23.9 Å². The molecule has 2 aromatic rings. The highest BCUT2D eigenvalue weighted by atomic mass is 79.9. The molecule has 0 aliphatic rings. The third-order valence-electron chi connectivity index (χ3n) is 3.26. The average Bonchev–Trinajstić information content (AvgIpc) is 2.65. The predicted molar refractivity (Wildman–Crippen MR) is 106 cm³/mol. The van der Waals surface area contributed by atoms with Crippen LogP contribution in [0.15, 0.2) is 46.0 Å². The molecule has 0 unspecified atom stereocenters. The maximum atomic E-state index is 11.9. The summed E-state index contributed by atoms with van der Waals surface area (Å²) >= 11 is 3.25. The largest absolute Gasteiger partial charge is 0.503 e. The van der Waals surface area contributed by atoms with E-state index in [0.717, 1.165) is 0 Å². The number of rotatable bonds is 9. The highest BCUT2D eigenvalue weighted by molar-refractivity contribution is 9.10. The van der Waals surface area contributed by atoms with Gasteiger partial charge in [-0.3, -0.25) is 4.79 Å². The van der Waals surface area contributed by atoms with Crippen LogP contribution < -0.4 is 19.6 Å². The van der Waals surface area contributed by atoms with Crippen LogP contribution in [0.25, 0.3) is 0 Å². The Bertz CT molecular complexity index is 811. The number of halogens is 1. The summed E-state index contributed by atoms with van der Waals surface area (Å²) in [7, 11) is 0. The number of hydrogen-bond acceptors (Lipinski definition) is 6. The summed E-state index contributed by atoms with van der Waals surface area (Å²) in [6, 6.07) is 10.4. The lowest BCUT2D eigenvalue weighted by molar-refractivity contribution is -0.123. The van der Waals surface area contributed by atoms with Crippen molar-refractivity contribution in [1.82, 2.24) is 5.43 Å². The van der Waals surface area contributed by atoms with Crippen LogP contribution in [0.5, 0.6) is 23.0 Å². The molecule has 2 N–H and O–H groups in total. The molecule has 8 heteroatoms. The second-order valence-corrected chi connectivity index (χ2v) is 6.10. The Morgan fingerprint density at radius 3 is 2.41 bits per heavy atom. The predicted octanol–water partition coefficient (Wildman–Crippen LogP) is 3.48. The highest BCUT2D eigenvalue weighted by Crippen LogP contribution is 2.35. The van der Waals surface area contributed by atoms with Crippen molar-refractivity contribution >= 4 is 28.1 Å². The van der Waals surface area contributed by atoms with E-state index in [1.54, 1.807) is 30.3 Å². The van der Waals surface area contributed by atoms with Gasteiger partial charge < -0.3 is 19.3 Å². The van der Waals surface area contributed by atoms with Crippen LogP contribution in [0.1, 0.15) is 19.4 Å². The third-order valence-corrected chi connectivity index (χ3v) is 3.87. The number of para-hydroxylation sites is 2. The Balaban J connectivity index is 1.92. The Morgan fingerprint density at radius 1 is 1.11 bits per heavy atom. The Kier molecular flexibility index (Phi) is 7.94. The van der Waals surface area contributed by atoms with Gasteiger partial charge in [0.1, 0.15) is 0 Å². The standard InChI is InChI=1S/C19H21BrN2O5/c1-3-25-15-7-5-6-8-16(15)27-12-18(23)22-21-11-13-9-14(20)19(24)17(10-13)26-4-2/h5-11,24H,3-4,12H2,1-2H3,(H,22,23). The van der Waals surface area contributed by atoms with E-state index in [0.29, 0.717) is 40.5 Å². The molecule has 0 aliphatic carbocycles. The van der Waals surface area contributed by atoms with Crippen LogP contribution in [-0.4, -0.2) is 37.0 Å². The highest BCUT2D eigenvalue weighted by Gasteiger charge is 2.09. The van der Waals surface area contributed by atoms with Gasteiger partial charge in [0.25, 0.3) is 5.91 Å². The second kappa shape index (κ2) is 10.4. The zero-order valence-corrected chi connectivity index (χ0v) is 16.7. The molecule has 0 spiro atoms. The van der Waals surface area contributed by atoms with Gasteiger partial charge in [0, 0.05) is 0 Å². The second-order valence-electron chi connectivity index (χ2n) is 5.24.